The van der Waals surface area contributed by atoms with Gasteiger partial charge in [-0.2, -0.15) is 0 Å². The van der Waals surface area contributed by atoms with E-state index in [4.69, 9.17) is 4.74 Å². The molecule has 0 atom stereocenters. The predicted molar refractivity (Wildman–Crippen MR) is 91.0 cm³/mol. The van der Waals surface area contributed by atoms with E-state index < -0.39 is 8.24 Å². The molecule has 0 aromatic rings. The van der Waals surface area contributed by atoms with Crippen LogP contribution < -0.4 is 0 Å². The lowest BCUT2D eigenvalue weighted by atomic mass is 9.99. The van der Waals surface area contributed by atoms with E-state index in [0.29, 0.717) is 17.4 Å². The van der Waals surface area contributed by atoms with Crippen LogP contribution >= 0.6 is 0 Å². The van der Waals surface area contributed by atoms with Crippen molar-refractivity contribution in [1.29, 1.82) is 0 Å². The highest BCUT2D eigenvalue weighted by atomic mass is 28.3. The van der Waals surface area contributed by atoms with E-state index in [1.165, 1.54) is 7.11 Å². The summed E-state index contributed by atoms with van der Waals surface area (Å²) in [5.41, 5.74) is 0. The van der Waals surface area contributed by atoms with E-state index in [9.17, 15) is 4.79 Å². The average Bonchev–Trinajstić information content (AvgIpc) is 2.44. The van der Waals surface area contributed by atoms with Crippen molar-refractivity contribution in [2.75, 3.05) is 39.8 Å². The zero-order chi connectivity index (χ0) is 16.3. The Bertz CT molecular complexity index is 348. The topological polar surface area (TPSA) is 32.8 Å². The third kappa shape index (κ3) is 4.30. The normalized spacial score (nSPS) is 19.0. The predicted octanol–water partition coefficient (Wildman–Crippen LogP) is 2.81. The molecule has 0 bridgehead atoms. The number of hydrogen-bond acceptors (Lipinski definition) is 4. The Hall–Kier alpha value is -0.393. The van der Waals surface area contributed by atoms with Crippen LogP contribution in [0.3, 0.4) is 0 Å². The van der Waals surface area contributed by atoms with E-state index in [-0.39, 0.29) is 5.97 Å². The summed E-state index contributed by atoms with van der Waals surface area (Å²) in [6, 6.07) is 0. The minimum absolute atomic E-state index is 0.104. The molecule has 0 aliphatic carbocycles. The van der Waals surface area contributed by atoms with Crippen molar-refractivity contribution >= 4 is 14.2 Å². The van der Waals surface area contributed by atoms with Crippen LogP contribution in [0.2, 0.25) is 18.1 Å². The van der Waals surface area contributed by atoms with E-state index in [1.807, 2.05) is 0 Å². The number of methoxy groups -OCH3 is 1. The maximum absolute atomic E-state index is 11.2. The van der Waals surface area contributed by atoms with Gasteiger partial charge >= 0.3 is 5.97 Å². The summed E-state index contributed by atoms with van der Waals surface area (Å²) in [5, 5.41) is 0.404. The Kier molecular flexibility index (Phi) is 6.44. The smallest absolute Gasteiger partial charge is 0.306 e. The molecule has 0 amide bonds. The lowest BCUT2D eigenvalue weighted by molar-refractivity contribution is -0.141. The van der Waals surface area contributed by atoms with E-state index in [0.717, 1.165) is 32.7 Å². The molecule has 124 valence electrons. The number of ether oxygens (including phenoxy) is 1. The minimum atomic E-state index is -1.46. The number of carbonyl (C=O) groups is 1. The van der Waals surface area contributed by atoms with Crippen molar-refractivity contribution < 1.29 is 9.53 Å². The Balaban J connectivity index is 2.54. The van der Waals surface area contributed by atoms with Crippen molar-refractivity contribution in [3.05, 3.63) is 0 Å². The monoisotopic (exact) mass is 314 g/mol. The van der Waals surface area contributed by atoms with Gasteiger partial charge in [0.15, 0.2) is 0 Å². The van der Waals surface area contributed by atoms with Gasteiger partial charge in [-0.05, 0) is 11.0 Å². The molecule has 1 heterocycles. The number of carbonyl (C=O) groups excluding carboxylic acids is 1. The van der Waals surface area contributed by atoms with Crippen LogP contribution in [-0.2, 0) is 9.53 Å². The van der Waals surface area contributed by atoms with Crippen LogP contribution in [0.1, 0.15) is 34.1 Å². The van der Waals surface area contributed by atoms with Gasteiger partial charge in [0.1, 0.15) is 8.24 Å². The van der Waals surface area contributed by atoms with Crippen molar-refractivity contribution in [1.82, 2.24) is 9.47 Å². The van der Waals surface area contributed by atoms with Crippen molar-refractivity contribution in [2.45, 2.75) is 52.2 Å². The van der Waals surface area contributed by atoms with Crippen molar-refractivity contribution in [3.63, 3.8) is 0 Å². The van der Waals surface area contributed by atoms with E-state index in [1.54, 1.807) is 0 Å². The molecule has 1 aliphatic heterocycles. The van der Waals surface area contributed by atoms with Gasteiger partial charge in [-0.3, -0.25) is 4.79 Å². The van der Waals surface area contributed by atoms with Crippen LogP contribution in [0.5, 0.6) is 0 Å². The molecule has 1 fully saturated rings. The highest BCUT2D eigenvalue weighted by Gasteiger charge is 2.46. The Morgan fingerprint density at radius 3 is 2.14 bits per heavy atom. The zero-order valence-electron chi connectivity index (χ0n) is 15.0. The second-order valence-electron chi connectivity index (χ2n) is 7.59. The van der Waals surface area contributed by atoms with Gasteiger partial charge in [0.05, 0.1) is 13.5 Å². The highest BCUT2D eigenvalue weighted by Crippen LogP contribution is 2.45. The Morgan fingerprint density at radius 1 is 1.19 bits per heavy atom. The maximum atomic E-state index is 11.2. The Labute approximate surface area is 131 Å². The number of piperazine rings is 1. The van der Waals surface area contributed by atoms with Crippen LogP contribution in [-0.4, -0.2) is 63.5 Å². The second kappa shape index (κ2) is 7.25. The second-order valence-corrected chi connectivity index (χ2v) is 12.6. The first-order valence-electron chi connectivity index (χ1n) is 8.17. The molecule has 0 spiro atoms. The molecule has 0 unspecified atom stereocenters. The fraction of sp³-hybridized carbons (Fsp3) is 0.938. The lowest BCUT2D eigenvalue weighted by Crippen LogP contribution is -2.62. The number of rotatable bonds is 6. The summed E-state index contributed by atoms with van der Waals surface area (Å²) >= 11 is 0. The largest absolute Gasteiger partial charge is 0.469 e. The van der Waals surface area contributed by atoms with Gasteiger partial charge < -0.3 is 14.2 Å². The number of hydrogen-bond donors (Lipinski definition) is 0. The van der Waals surface area contributed by atoms with E-state index in [2.05, 4.69) is 50.3 Å². The SMILES string of the molecule is COC(=O)CCN1CCN([Si](C)(C)C(C)(C)C(C)C)CC1. The standard InChI is InChI=1S/C16H34N2O2Si/c1-14(2)16(3,4)21(6,7)18-12-10-17(11-13-18)9-8-15(19)20-5/h14H,8-13H2,1-7H3. The van der Waals surface area contributed by atoms with Crippen molar-refractivity contribution in [3.8, 4) is 0 Å². The van der Waals surface area contributed by atoms with Gasteiger partial charge in [-0.1, -0.05) is 40.8 Å². The fourth-order valence-corrected chi connectivity index (χ4v) is 6.54. The van der Waals surface area contributed by atoms with Gasteiger partial charge in [0, 0.05) is 32.7 Å². The van der Waals surface area contributed by atoms with Gasteiger partial charge in [0.2, 0.25) is 0 Å². The molecule has 0 aromatic heterocycles. The first-order valence-corrected chi connectivity index (χ1v) is 11.1. The van der Waals surface area contributed by atoms with Crippen LogP contribution in [0.4, 0.5) is 0 Å². The van der Waals surface area contributed by atoms with Crippen LogP contribution in [0.15, 0.2) is 0 Å². The van der Waals surface area contributed by atoms with Crippen molar-refractivity contribution in [2.24, 2.45) is 5.92 Å². The summed E-state index contributed by atoms with van der Waals surface area (Å²) in [4.78, 5) is 13.6. The van der Waals surface area contributed by atoms with Crippen LogP contribution in [0.25, 0.3) is 0 Å². The van der Waals surface area contributed by atoms with Crippen LogP contribution in [0, 0.1) is 5.92 Å². The molecule has 1 rings (SSSR count). The lowest BCUT2D eigenvalue weighted by Gasteiger charge is -2.52. The highest BCUT2D eigenvalue weighted by molar-refractivity contribution is 6.77. The number of esters is 1. The van der Waals surface area contributed by atoms with Gasteiger partial charge in [-0.25, -0.2) is 0 Å². The van der Waals surface area contributed by atoms with E-state index >= 15 is 0 Å². The summed E-state index contributed by atoms with van der Waals surface area (Å²) < 4.78 is 7.47. The summed E-state index contributed by atoms with van der Waals surface area (Å²) in [5.74, 6) is 0.601. The zero-order valence-corrected chi connectivity index (χ0v) is 16.0. The molecule has 0 N–H and O–H groups in total. The summed E-state index contributed by atoms with van der Waals surface area (Å²) in [7, 11) is 0.00131. The molecule has 1 aliphatic rings. The quantitative estimate of drug-likeness (QED) is 0.557. The molecule has 21 heavy (non-hydrogen) atoms. The summed E-state index contributed by atoms with van der Waals surface area (Å²) in [6.45, 7) is 19.8. The van der Waals surface area contributed by atoms with Gasteiger partial charge in [-0.15, -0.1) is 0 Å². The average molecular weight is 315 g/mol. The third-order valence-electron chi connectivity index (χ3n) is 6.04. The molecule has 0 radical (unpaired) electrons. The molecule has 0 saturated carbocycles. The Morgan fingerprint density at radius 2 is 1.71 bits per heavy atom. The first-order chi connectivity index (χ1) is 9.62. The number of nitrogens with zero attached hydrogens (tertiary/aromatic N) is 2. The summed E-state index contributed by atoms with van der Waals surface area (Å²) in [6.07, 6.45) is 0.509. The molecule has 1 saturated heterocycles. The molecule has 0 aromatic carbocycles. The molecular weight excluding hydrogens is 280 g/mol. The third-order valence-corrected chi connectivity index (χ3v) is 11.8. The van der Waals surface area contributed by atoms with Gasteiger partial charge in [0.25, 0.3) is 0 Å². The minimum Gasteiger partial charge on any atom is -0.469 e. The molecular formula is C16H34N2O2Si. The maximum Gasteiger partial charge on any atom is 0.306 e. The fourth-order valence-electron chi connectivity index (χ4n) is 3.00. The molecule has 4 nitrogen and oxygen atoms in total. The first kappa shape index (κ1) is 18.7. The molecule has 5 heteroatoms.